The first kappa shape index (κ1) is 13.0. The molecule has 1 fully saturated rings. The molecular formula is C11H19N5O2. The van der Waals surface area contributed by atoms with Crippen molar-refractivity contribution in [1.29, 1.82) is 0 Å². The van der Waals surface area contributed by atoms with Crippen LogP contribution in [-0.4, -0.2) is 36.8 Å². The van der Waals surface area contributed by atoms with Crippen LogP contribution in [0.2, 0.25) is 0 Å². The third-order valence-corrected chi connectivity index (χ3v) is 2.79. The van der Waals surface area contributed by atoms with Crippen LogP contribution < -0.4 is 16.6 Å². The van der Waals surface area contributed by atoms with E-state index in [0.717, 1.165) is 32.0 Å². The third kappa shape index (κ3) is 3.52. The molecule has 2 rings (SSSR count). The predicted octanol–water partition coefficient (Wildman–Crippen LogP) is 0.357. The van der Waals surface area contributed by atoms with E-state index in [4.69, 9.17) is 15.3 Å². The minimum Gasteiger partial charge on any atom is -0.381 e. The van der Waals surface area contributed by atoms with Gasteiger partial charge in [-0.15, -0.1) is 0 Å². The Labute approximate surface area is 106 Å². The first-order chi connectivity index (χ1) is 8.81. The molecule has 0 spiro atoms. The van der Waals surface area contributed by atoms with Gasteiger partial charge in [0.15, 0.2) is 5.82 Å². The molecule has 7 heteroatoms. The summed E-state index contributed by atoms with van der Waals surface area (Å²) in [5.41, 5.74) is 2.52. The highest BCUT2D eigenvalue weighted by Gasteiger charge is 2.15. The molecule has 4 N–H and O–H groups in total. The summed E-state index contributed by atoms with van der Waals surface area (Å²) in [4.78, 5) is 8.53. The Kier molecular flexibility index (Phi) is 4.68. The van der Waals surface area contributed by atoms with Crippen LogP contribution in [0.4, 0.5) is 11.6 Å². The SMILES string of the molecule is COCc1nc(NN)cc(NCC2CCOC2)n1. The summed E-state index contributed by atoms with van der Waals surface area (Å²) in [5.74, 6) is 7.83. The second-order valence-electron chi connectivity index (χ2n) is 4.24. The molecule has 1 saturated heterocycles. The number of hydrogen-bond donors (Lipinski definition) is 3. The van der Waals surface area contributed by atoms with Crippen molar-refractivity contribution in [3.05, 3.63) is 11.9 Å². The Balaban J connectivity index is 1.98. The van der Waals surface area contributed by atoms with E-state index >= 15 is 0 Å². The number of rotatable bonds is 6. The maximum Gasteiger partial charge on any atom is 0.158 e. The van der Waals surface area contributed by atoms with E-state index in [1.807, 2.05) is 0 Å². The number of nitrogen functional groups attached to an aromatic ring is 1. The van der Waals surface area contributed by atoms with Gasteiger partial charge in [-0.25, -0.2) is 15.8 Å². The lowest BCUT2D eigenvalue weighted by molar-refractivity contribution is 0.178. The van der Waals surface area contributed by atoms with Crippen LogP contribution in [0.1, 0.15) is 12.2 Å². The fraction of sp³-hybridized carbons (Fsp3) is 0.636. The van der Waals surface area contributed by atoms with E-state index in [1.54, 1.807) is 13.2 Å². The van der Waals surface area contributed by atoms with Crippen molar-refractivity contribution in [2.24, 2.45) is 11.8 Å². The van der Waals surface area contributed by atoms with E-state index < -0.39 is 0 Å². The topological polar surface area (TPSA) is 94.3 Å². The molecule has 0 saturated carbocycles. The molecule has 1 atom stereocenters. The van der Waals surface area contributed by atoms with Crippen LogP contribution in [0.5, 0.6) is 0 Å². The molecule has 1 unspecified atom stereocenters. The van der Waals surface area contributed by atoms with Crippen LogP contribution in [0, 0.1) is 5.92 Å². The fourth-order valence-electron chi connectivity index (χ4n) is 1.85. The van der Waals surface area contributed by atoms with Gasteiger partial charge in [0, 0.05) is 32.2 Å². The van der Waals surface area contributed by atoms with Gasteiger partial charge in [0.25, 0.3) is 0 Å². The Hall–Kier alpha value is -1.44. The van der Waals surface area contributed by atoms with Gasteiger partial charge in [0.1, 0.15) is 18.2 Å². The summed E-state index contributed by atoms with van der Waals surface area (Å²) in [6.45, 7) is 2.86. The zero-order chi connectivity index (χ0) is 12.8. The van der Waals surface area contributed by atoms with Crippen LogP contribution in [0.3, 0.4) is 0 Å². The quantitative estimate of drug-likeness (QED) is 0.497. The van der Waals surface area contributed by atoms with Gasteiger partial charge in [-0.1, -0.05) is 0 Å². The number of hydrazine groups is 1. The number of aromatic nitrogens is 2. The zero-order valence-electron chi connectivity index (χ0n) is 10.5. The summed E-state index contributed by atoms with van der Waals surface area (Å²) in [6.07, 6.45) is 1.09. The van der Waals surface area contributed by atoms with Gasteiger partial charge < -0.3 is 20.2 Å². The maximum atomic E-state index is 5.37. The van der Waals surface area contributed by atoms with Crippen LogP contribution in [0.15, 0.2) is 6.07 Å². The highest BCUT2D eigenvalue weighted by molar-refractivity contribution is 5.46. The highest BCUT2D eigenvalue weighted by atomic mass is 16.5. The van der Waals surface area contributed by atoms with E-state index in [1.165, 1.54) is 0 Å². The molecule has 1 aromatic rings. The molecule has 1 aliphatic heterocycles. The molecule has 0 aromatic carbocycles. The van der Waals surface area contributed by atoms with Crippen molar-refractivity contribution < 1.29 is 9.47 Å². The van der Waals surface area contributed by atoms with Crippen LogP contribution in [-0.2, 0) is 16.1 Å². The number of ether oxygens (including phenoxy) is 2. The summed E-state index contributed by atoms with van der Waals surface area (Å²) in [6, 6.07) is 1.77. The lowest BCUT2D eigenvalue weighted by atomic mass is 10.1. The van der Waals surface area contributed by atoms with Gasteiger partial charge in [-0.05, 0) is 6.42 Å². The first-order valence-corrected chi connectivity index (χ1v) is 5.97. The normalized spacial score (nSPS) is 18.9. The van der Waals surface area contributed by atoms with Gasteiger partial charge in [0.05, 0.1) is 6.61 Å². The molecule has 0 aliphatic carbocycles. The minimum absolute atomic E-state index is 0.358. The Morgan fingerprint density at radius 1 is 1.50 bits per heavy atom. The Morgan fingerprint density at radius 2 is 2.33 bits per heavy atom. The van der Waals surface area contributed by atoms with Crippen molar-refractivity contribution in [3.63, 3.8) is 0 Å². The molecule has 18 heavy (non-hydrogen) atoms. The second-order valence-corrected chi connectivity index (χ2v) is 4.24. The average Bonchev–Trinajstić information content (AvgIpc) is 2.89. The fourth-order valence-corrected chi connectivity index (χ4v) is 1.85. The Morgan fingerprint density at radius 3 is 3.00 bits per heavy atom. The minimum atomic E-state index is 0.358. The van der Waals surface area contributed by atoms with Crippen molar-refractivity contribution in [1.82, 2.24) is 9.97 Å². The lowest BCUT2D eigenvalue weighted by Gasteiger charge is -2.12. The van der Waals surface area contributed by atoms with Crippen molar-refractivity contribution in [2.45, 2.75) is 13.0 Å². The van der Waals surface area contributed by atoms with Crippen LogP contribution >= 0.6 is 0 Å². The standard InChI is InChI=1S/C11H19N5O2/c1-17-7-11-14-9(4-10(15-11)16-12)13-5-8-2-3-18-6-8/h4,8H,2-3,5-7,12H2,1H3,(H2,13,14,15,16). The molecule has 0 radical (unpaired) electrons. The van der Waals surface area contributed by atoms with E-state index in [-0.39, 0.29) is 0 Å². The van der Waals surface area contributed by atoms with Crippen LogP contribution in [0.25, 0.3) is 0 Å². The average molecular weight is 253 g/mol. The highest BCUT2D eigenvalue weighted by Crippen LogP contribution is 2.15. The summed E-state index contributed by atoms with van der Waals surface area (Å²) < 4.78 is 10.3. The van der Waals surface area contributed by atoms with Gasteiger partial charge in [0.2, 0.25) is 0 Å². The van der Waals surface area contributed by atoms with Gasteiger partial charge in [-0.3, -0.25) is 0 Å². The molecule has 100 valence electrons. The monoisotopic (exact) mass is 253 g/mol. The molecule has 1 aromatic heterocycles. The summed E-state index contributed by atoms with van der Waals surface area (Å²) in [7, 11) is 1.61. The number of nitrogens with one attached hydrogen (secondary N) is 2. The largest absolute Gasteiger partial charge is 0.381 e. The van der Waals surface area contributed by atoms with Crippen molar-refractivity contribution in [2.75, 3.05) is 37.6 Å². The molecule has 0 bridgehead atoms. The molecule has 7 nitrogen and oxygen atoms in total. The van der Waals surface area contributed by atoms with Crippen molar-refractivity contribution >= 4 is 11.6 Å². The zero-order valence-corrected chi connectivity index (χ0v) is 10.5. The van der Waals surface area contributed by atoms with Gasteiger partial charge >= 0.3 is 0 Å². The number of methoxy groups -OCH3 is 1. The van der Waals surface area contributed by atoms with E-state index in [9.17, 15) is 0 Å². The third-order valence-electron chi connectivity index (χ3n) is 2.79. The lowest BCUT2D eigenvalue weighted by Crippen LogP contribution is -2.17. The molecular weight excluding hydrogens is 234 g/mol. The molecule has 1 aliphatic rings. The van der Waals surface area contributed by atoms with Gasteiger partial charge in [-0.2, -0.15) is 0 Å². The van der Waals surface area contributed by atoms with E-state index in [0.29, 0.717) is 24.2 Å². The summed E-state index contributed by atoms with van der Waals surface area (Å²) in [5, 5.41) is 3.28. The predicted molar refractivity (Wildman–Crippen MR) is 68.0 cm³/mol. The number of nitrogens with two attached hydrogens (primary N) is 1. The number of anilines is 2. The Bertz CT molecular complexity index is 382. The maximum absolute atomic E-state index is 5.37. The van der Waals surface area contributed by atoms with E-state index in [2.05, 4.69) is 20.7 Å². The second kappa shape index (κ2) is 6.48. The van der Waals surface area contributed by atoms with Crippen molar-refractivity contribution in [3.8, 4) is 0 Å². The number of nitrogens with zero attached hydrogens (tertiary/aromatic N) is 2. The first-order valence-electron chi connectivity index (χ1n) is 5.97. The molecule has 0 amide bonds. The summed E-state index contributed by atoms with van der Waals surface area (Å²) >= 11 is 0. The number of hydrogen-bond acceptors (Lipinski definition) is 7. The molecule has 2 heterocycles. The smallest absolute Gasteiger partial charge is 0.158 e.